The Morgan fingerprint density at radius 3 is 2.43 bits per heavy atom. The molecule has 0 aromatic heterocycles. The van der Waals surface area contributed by atoms with E-state index in [2.05, 4.69) is 21.2 Å². The van der Waals surface area contributed by atoms with E-state index in [1.807, 2.05) is 31.2 Å². The van der Waals surface area contributed by atoms with Gasteiger partial charge < -0.3 is 5.32 Å². The van der Waals surface area contributed by atoms with E-state index in [0.717, 1.165) is 28.6 Å². The molecule has 112 valence electrons. The average molecular weight is 375 g/mol. The largest absolute Gasteiger partial charge is 0.306 e. The van der Waals surface area contributed by atoms with E-state index < -0.39 is 17.7 Å². The maximum atomic E-state index is 14.2. The van der Waals surface area contributed by atoms with Crippen LogP contribution in [0.2, 0.25) is 5.02 Å². The number of hydrogen-bond donors (Lipinski definition) is 1. The van der Waals surface area contributed by atoms with Crippen molar-refractivity contribution in [3.8, 4) is 0 Å². The van der Waals surface area contributed by atoms with Crippen LogP contribution in [0, 0.1) is 11.6 Å². The van der Waals surface area contributed by atoms with Crippen molar-refractivity contribution in [1.82, 2.24) is 5.32 Å². The lowest BCUT2D eigenvalue weighted by atomic mass is 9.98. The van der Waals surface area contributed by atoms with Crippen molar-refractivity contribution in [1.29, 1.82) is 0 Å². The maximum absolute atomic E-state index is 14.2. The molecule has 0 heterocycles. The highest BCUT2D eigenvalue weighted by Crippen LogP contribution is 2.29. The van der Waals surface area contributed by atoms with Gasteiger partial charge in [0.15, 0.2) is 0 Å². The van der Waals surface area contributed by atoms with E-state index in [-0.39, 0.29) is 10.6 Å². The van der Waals surface area contributed by atoms with Gasteiger partial charge in [0, 0.05) is 10.0 Å². The highest BCUT2D eigenvalue weighted by atomic mass is 79.9. The zero-order valence-electron chi connectivity index (χ0n) is 11.5. The number of nitrogens with one attached hydrogen (secondary N) is 1. The van der Waals surface area contributed by atoms with E-state index in [1.54, 1.807) is 0 Å². The fraction of sp³-hybridized carbons (Fsp3) is 0.250. The van der Waals surface area contributed by atoms with Crippen LogP contribution in [0.3, 0.4) is 0 Å². The van der Waals surface area contributed by atoms with E-state index in [0.29, 0.717) is 6.54 Å². The molecule has 0 saturated heterocycles. The molecule has 0 spiro atoms. The molecule has 0 bridgehead atoms. The minimum atomic E-state index is -0.617. The smallest absolute Gasteiger partial charge is 0.142 e. The fourth-order valence-corrected chi connectivity index (χ4v) is 2.53. The molecule has 0 aliphatic rings. The third-order valence-electron chi connectivity index (χ3n) is 3.15. The minimum Gasteiger partial charge on any atom is -0.306 e. The number of halogens is 4. The van der Waals surface area contributed by atoms with Gasteiger partial charge in [0.2, 0.25) is 0 Å². The van der Waals surface area contributed by atoms with E-state index in [9.17, 15) is 8.78 Å². The lowest BCUT2D eigenvalue weighted by Gasteiger charge is -2.20. The van der Waals surface area contributed by atoms with Gasteiger partial charge in [-0.2, -0.15) is 0 Å². The van der Waals surface area contributed by atoms with Crippen LogP contribution in [-0.4, -0.2) is 6.54 Å². The summed E-state index contributed by atoms with van der Waals surface area (Å²) >= 11 is 8.99. The minimum absolute atomic E-state index is 0.207. The Bertz CT molecular complexity index is 616. The number of benzene rings is 2. The lowest BCUT2D eigenvalue weighted by Crippen LogP contribution is -2.24. The first kappa shape index (κ1) is 16.4. The summed E-state index contributed by atoms with van der Waals surface area (Å²) in [6, 6.07) is 9.27. The van der Waals surface area contributed by atoms with Gasteiger partial charge in [0.05, 0.1) is 11.1 Å². The number of rotatable bonds is 5. The van der Waals surface area contributed by atoms with Crippen molar-refractivity contribution in [2.24, 2.45) is 0 Å². The Morgan fingerprint density at radius 1 is 1.14 bits per heavy atom. The van der Waals surface area contributed by atoms with E-state index >= 15 is 0 Å². The van der Waals surface area contributed by atoms with Crippen LogP contribution in [0.1, 0.15) is 30.5 Å². The molecule has 2 rings (SSSR count). The summed E-state index contributed by atoms with van der Waals surface area (Å²) in [5.41, 5.74) is 1.12. The van der Waals surface area contributed by atoms with E-state index in [1.165, 1.54) is 0 Å². The molecule has 0 amide bonds. The third-order valence-corrected chi connectivity index (χ3v) is 3.97. The maximum Gasteiger partial charge on any atom is 0.142 e. The van der Waals surface area contributed by atoms with Crippen LogP contribution in [0.15, 0.2) is 40.9 Å². The SMILES string of the molecule is CCCNC(c1ccc(Br)cc1)c1cc(F)c(Cl)cc1F. The molecule has 0 radical (unpaired) electrons. The first-order valence-corrected chi connectivity index (χ1v) is 7.83. The van der Waals surface area contributed by atoms with E-state index in [4.69, 9.17) is 11.6 Å². The summed E-state index contributed by atoms with van der Waals surface area (Å²) in [6.07, 6.45) is 0.894. The molecule has 2 aromatic rings. The Balaban J connectivity index is 2.45. The van der Waals surface area contributed by atoms with Crippen LogP contribution < -0.4 is 5.32 Å². The summed E-state index contributed by atoms with van der Waals surface area (Å²) in [7, 11) is 0. The predicted octanol–water partition coefficient (Wildman–Crippen LogP) is 5.47. The predicted molar refractivity (Wildman–Crippen MR) is 85.6 cm³/mol. The molecule has 2 aromatic carbocycles. The summed E-state index contributed by atoms with van der Waals surface area (Å²) in [5.74, 6) is -1.13. The first-order valence-electron chi connectivity index (χ1n) is 6.66. The van der Waals surface area contributed by atoms with Crippen molar-refractivity contribution in [2.45, 2.75) is 19.4 Å². The van der Waals surface area contributed by atoms with Gasteiger partial charge >= 0.3 is 0 Å². The Kier molecular flexibility index (Phi) is 5.73. The second-order valence-corrected chi connectivity index (χ2v) is 6.05. The van der Waals surface area contributed by atoms with Crippen molar-refractivity contribution < 1.29 is 8.78 Å². The molecule has 1 unspecified atom stereocenters. The summed E-state index contributed by atoms with van der Waals surface area (Å²) in [6.45, 7) is 2.72. The van der Waals surface area contributed by atoms with Crippen molar-refractivity contribution in [2.75, 3.05) is 6.54 Å². The first-order chi connectivity index (χ1) is 10.0. The van der Waals surface area contributed by atoms with Gasteiger partial charge in [0.25, 0.3) is 0 Å². The molecule has 0 saturated carbocycles. The molecule has 1 nitrogen and oxygen atoms in total. The van der Waals surface area contributed by atoms with Crippen LogP contribution in [0.25, 0.3) is 0 Å². The van der Waals surface area contributed by atoms with Crippen LogP contribution in [0.4, 0.5) is 8.78 Å². The molecule has 0 aliphatic carbocycles. The monoisotopic (exact) mass is 373 g/mol. The molecule has 21 heavy (non-hydrogen) atoms. The molecule has 1 N–H and O–H groups in total. The standard InChI is InChI=1S/C16H15BrClF2N/c1-2-7-21-16(10-3-5-11(17)6-4-10)12-8-15(20)13(18)9-14(12)19/h3-6,8-9,16,21H,2,7H2,1H3. The van der Waals surface area contributed by atoms with Gasteiger partial charge in [-0.3, -0.25) is 0 Å². The Labute approximate surface area is 136 Å². The summed E-state index contributed by atoms with van der Waals surface area (Å²) in [4.78, 5) is 0. The average Bonchev–Trinajstić information content (AvgIpc) is 2.46. The topological polar surface area (TPSA) is 12.0 Å². The van der Waals surface area contributed by atoms with Crippen molar-refractivity contribution >= 4 is 27.5 Å². The highest BCUT2D eigenvalue weighted by molar-refractivity contribution is 9.10. The van der Waals surface area contributed by atoms with Gasteiger partial charge in [-0.15, -0.1) is 0 Å². The summed E-state index contributed by atoms with van der Waals surface area (Å²) in [5, 5.41) is 3.04. The Hall–Kier alpha value is -0.970. The molecule has 5 heteroatoms. The number of hydrogen-bond acceptors (Lipinski definition) is 1. The van der Waals surface area contributed by atoms with Crippen LogP contribution >= 0.6 is 27.5 Å². The second kappa shape index (κ2) is 7.34. The van der Waals surface area contributed by atoms with Crippen LogP contribution in [0.5, 0.6) is 0 Å². The second-order valence-electron chi connectivity index (χ2n) is 4.73. The lowest BCUT2D eigenvalue weighted by molar-refractivity contribution is 0.535. The molecular weight excluding hydrogens is 360 g/mol. The van der Waals surface area contributed by atoms with Gasteiger partial charge in [-0.1, -0.05) is 46.6 Å². The van der Waals surface area contributed by atoms with Gasteiger partial charge in [0.1, 0.15) is 11.6 Å². The highest BCUT2D eigenvalue weighted by Gasteiger charge is 2.19. The van der Waals surface area contributed by atoms with Crippen molar-refractivity contribution in [3.05, 3.63) is 68.7 Å². The zero-order valence-corrected chi connectivity index (χ0v) is 13.8. The van der Waals surface area contributed by atoms with Crippen molar-refractivity contribution in [3.63, 3.8) is 0 Å². The molecule has 0 aliphatic heterocycles. The fourth-order valence-electron chi connectivity index (χ4n) is 2.11. The quantitative estimate of drug-likeness (QED) is 0.684. The van der Waals surface area contributed by atoms with Crippen LogP contribution in [-0.2, 0) is 0 Å². The third kappa shape index (κ3) is 4.02. The molecule has 0 fully saturated rings. The zero-order chi connectivity index (χ0) is 15.4. The molecular formula is C16H15BrClF2N. The van der Waals surface area contributed by atoms with Gasteiger partial charge in [-0.25, -0.2) is 8.78 Å². The summed E-state index contributed by atoms with van der Waals surface area (Å²) < 4.78 is 28.8. The normalized spacial score (nSPS) is 12.4. The van der Waals surface area contributed by atoms with Gasteiger partial charge in [-0.05, 0) is 42.8 Å². The Morgan fingerprint density at radius 2 is 1.81 bits per heavy atom. The molecule has 1 atom stereocenters.